The van der Waals surface area contributed by atoms with Crippen LogP contribution in [0.3, 0.4) is 0 Å². The SMILES string of the molecule is [N-]=[N+]=N[C@]1(CO[P@@]2(=O)OCC[C@@H](c3ccncc3)O2)O[C@@H](n2ccc(=O)[nH]c2=O)[C@H](O)[C@@H]1O. The predicted octanol–water partition coefficient (Wildman–Crippen LogP) is 0.492. The van der Waals surface area contributed by atoms with Crippen molar-refractivity contribution in [3.05, 3.63) is 73.6 Å². The highest BCUT2D eigenvalue weighted by atomic mass is 31.2. The monoisotopic (exact) mass is 482 g/mol. The fourth-order valence-corrected chi connectivity index (χ4v) is 4.89. The fraction of sp³-hybridized carbons (Fsp3) is 0.471. The molecule has 6 atom stereocenters. The second kappa shape index (κ2) is 9.17. The van der Waals surface area contributed by atoms with E-state index in [1.54, 1.807) is 24.5 Å². The van der Waals surface area contributed by atoms with E-state index in [1.807, 2.05) is 4.98 Å². The number of ether oxygens (including phenoxy) is 1. The minimum Gasteiger partial charge on any atom is -0.387 e. The van der Waals surface area contributed by atoms with Gasteiger partial charge in [0.1, 0.15) is 12.2 Å². The van der Waals surface area contributed by atoms with Gasteiger partial charge in [-0.1, -0.05) is 5.11 Å². The van der Waals surface area contributed by atoms with Crippen LogP contribution in [0.15, 0.2) is 51.5 Å². The van der Waals surface area contributed by atoms with Crippen LogP contribution in [0.4, 0.5) is 0 Å². The average molecular weight is 482 g/mol. The predicted molar refractivity (Wildman–Crippen MR) is 108 cm³/mol. The first kappa shape index (κ1) is 23.3. The second-order valence-corrected chi connectivity index (χ2v) is 8.83. The fourth-order valence-electron chi connectivity index (χ4n) is 3.48. The van der Waals surface area contributed by atoms with Gasteiger partial charge in [0.2, 0.25) is 5.72 Å². The van der Waals surface area contributed by atoms with E-state index in [9.17, 15) is 24.4 Å². The molecule has 2 fully saturated rings. The van der Waals surface area contributed by atoms with E-state index in [-0.39, 0.29) is 6.61 Å². The summed E-state index contributed by atoms with van der Waals surface area (Å²) in [5, 5.41) is 24.4. The summed E-state index contributed by atoms with van der Waals surface area (Å²) in [4.78, 5) is 31.9. The molecular weight excluding hydrogens is 463 g/mol. The molecule has 176 valence electrons. The number of H-pyrrole nitrogens is 1. The van der Waals surface area contributed by atoms with E-state index in [4.69, 9.17) is 23.8 Å². The second-order valence-electron chi connectivity index (χ2n) is 7.21. The topological polar surface area (TPSA) is 211 Å². The van der Waals surface area contributed by atoms with Crippen LogP contribution in [0.5, 0.6) is 0 Å². The molecule has 3 N–H and O–H groups in total. The van der Waals surface area contributed by atoms with Gasteiger partial charge in [-0.2, -0.15) is 0 Å². The molecule has 2 aliphatic heterocycles. The number of pyridine rings is 1. The molecule has 33 heavy (non-hydrogen) atoms. The molecule has 2 saturated heterocycles. The molecule has 4 rings (SSSR count). The van der Waals surface area contributed by atoms with Crippen LogP contribution < -0.4 is 11.2 Å². The highest BCUT2D eigenvalue weighted by Crippen LogP contribution is 2.58. The zero-order chi connectivity index (χ0) is 23.6. The Morgan fingerprint density at radius 3 is 2.82 bits per heavy atom. The van der Waals surface area contributed by atoms with Gasteiger partial charge in [0.25, 0.3) is 5.56 Å². The van der Waals surface area contributed by atoms with Gasteiger partial charge in [0, 0.05) is 36.0 Å². The molecule has 0 unspecified atom stereocenters. The molecule has 0 aromatic carbocycles. The summed E-state index contributed by atoms with van der Waals surface area (Å²) in [5.74, 6) is 0. The van der Waals surface area contributed by atoms with E-state index in [0.29, 0.717) is 12.0 Å². The van der Waals surface area contributed by atoms with Crippen LogP contribution in [-0.4, -0.2) is 55.9 Å². The standard InChI is InChI=1S/C17H19N6O9P/c18-22-21-17(14(26)13(25)15(31-17)23-7-3-12(24)20-16(23)27)9-30-33(28)29-8-4-11(32-33)10-1-5-19-6-2-10/h1-3,5-7,11,13-15,25-26H,4,8-9H2,(H,20,24,27)/t11-,13+,14-,15+,17+,33+/m0/s1. The van der Waals surface area contributed by atoms with Crippen molar-refractivity contribution >= 4 is 7.82 Å². The number of phosphoric ester groups is 1. The van der Waals surface area contributed by atoms with Gasteiger partial charge in [-0.05, 0) is 23.2 Å². The molecule has 16 heteroatoms. The third-order valence-electron chi connectivity index (χ3n) is 5.14. The molecular formula is C17H19N6O9P. The summed E-state index contributed by atoms with van der Waals surface area (Å²) in [6, 6.07) is 4.35. The number of hydrogen-bond donors (Lipinski definition) is 3. The minimum absolute atomic E-state index is 0.0280. The van der Waals surface area contributed by atoms with Crippen molar-refractivity contribution in [3.8, 4) is 0 Å². The molecule has 0 amide bonds. The third kappa shape index (κ3) is 4.62. The first-order valence-corrected chi connectivity index (χ1v) is 11.1. The molecule has 2 aliphatic rings. The summed E-state index contributed by atoms with van der Waals surface area (Å²) in [6.07, 6.45) is -1.37. The molecule has 0 bridgehead atoms. The van der Waals surface area contributed by atoms with Crippen molar-refractivity contribution < 1.29 is 33.1 Å². The lowest BCUT2D eigenvalue weighted by molar-refractivity contribution is -0.127. The molecule has 0 radical (unpaired) electrons. The van der Waals surface area contributed by atoms with E-state index >= 15 is 0 Å². The van der Waals surface area contributed by atoms with Crippen LogP contribution >= 0.6 is 7.82 Å². The number of azide groups is 1. The summed E-state index contributed by atoms with van der Waals surface area (Å²) in [7, 11) is -4.20. The van der Waals surface area contributed by atoms with Crippen molar-refractivity contribution in [2.24, 2.45) is 5.11 Å². The zero-order valence-electron chi connectivity index (χ0n) is 16.8. The van der Waals surface area contributed by atoms with Crippen LogP contribution in [-0.2, 0) is 22.9 Å². The molecule has 2 aromatic rings. The highest BCUT2D eigenvalue weighted by molar-refractivity contribution is 7.48. The number of aliphatic hydroxyl groups is 2. The van der Waals surface area contributed by atoms with E-state index < -0.39 is 55.9 Å². The average Bonchev–Trinajstić information content (AvgIpc) is 3.04. The Balaban J connectivity index is 1.55. The number of rotatable bonds is 6. The van der Waals surface area contributed by atoms with Crippen molar-refractivity contribution in [2.45, 2.75) is 36.7 Å². The Labute approximate surface area is 184 Å². The minimum atomic E-state index is -4.20. The van der Waals surface area contributed by atoms with Gasteiger partial charge in [0.15, 0.2) is 6.23 Å². The van der Waals surface area contributed by atoms with E-state index in [1.165, 1.54) is 0 Å². The van der Waals surface area contributed by atoms with Crippen molar-refractivity contribution in [1.82, 2.24) is 14.5 Å². The van der Waals surface area contributed by atoms with E-state index in [2.05, 4.69) is 15.0 Å². The Morgan fingerprint density at radius 1 is 1.36 bits per heavy atom. The van der Waals surface area contributed by atoms with Crippen molar-refractivity contribution in [2.75, 3.05) is 13.2 Å². The van der Waals surface area contributed by atoms with Crippen LogP contribution in [0.1, 0.15) is 24.3 Å². The molecule has 0 aliphatic carbocycles. The molecule has 15 nitrogen and oxygen atoms in total. The lowest BCUT2D eigenvalue weighted by Crippen LogP contribution is -2.45. The number of aliphatic hydroxyl groups excluding tert-OH is 2. The largest absolute Gasteiger partial charge is 0.475 e. The Hall–Kier alpha value is -2.87. The van der Waals surface area contributed by atoms with Gasteiger partial charge in [-0.3, -0.25) is 32.9 Å². The summed E-state index contributed by atoms with van der Waals surface area (Å²) < 4.78 is 35.3. The quantitative estimate of drug-likeness (QED) is 0.224. The maximum atomic E-state index is 13.0. The highest BCUT2D eigenvalue weighted by Gasteiger charge is 2.56. The number of aromatic amines is 1. The van der Waals surface area contributed by atoms with E-state index in [0.717, 1.165) is 16.8 Å². The number of phosphoric acid groups is 1. The number of aromatic nitrogens is 3. The van der Waals surface area contributed by atoms with Crippen LogP contribution in [0.25, 0.3) is 10.4 Å². The Morgan fingerprint density at radius 2 is 2.12 bits per heavy atom. The third-order valence-corrected chi connectivity index (χ3v) is 6.59. The van der Waals surface area contributed by atoms with Gasteiger partial charge >= 0.3 is 13.5 Å². The lowest BCUT2D eigenvalue weighted by atomic mass is 10.1. The maximum Gasteiger partial charge on any atom is 0.475 e. The van der Waals surface area contributed by atoms with Crippen molar-refractivity contribution in [1.29, 1.82) is 0 Å². The lowest BCUT2D eigenvalue weighted by Gasteiger charge is -2.32. The number of nitrogens with one attached hydrogen (secondary N) is 1. The Kier molecular flexibility index (Phi) is 6.47. The first-order valence-electron chi connectivity index (χ1n) is 9.66. The zero-order valence-corrected chi connectivity index (χ0v) is 17.7. The van der Waals surface area contributed by atoms with Gasteiger partial charge in [-0.15, -0.1) is 0 Å². The first-order chi connectivity index (χ1) is 15.8. The summed E-state index contributed by atoms with van der Waals surface area (Å²) in [5.41, 5.74) is 5.78. The molecule has 4 heterocycles. The number of nitrogens with zero attached hydrogens (tertiary/aromatic N) is 5. The maximum absolute atomic E-state index is 13.0. The molecule has 0 saturated carbocycles. The summed E-state index contributed by atoms with van der Waals surface area (Å²) >= 11 is 0. The van der Waals surface area contributed by atoms with Gasteiger partial charge in [-0.25, -0.2) is 9.36 Å². The van der Waals surface area contributed by atoms with Gasteiger partial charge < -0.3 is 14.9 Å². The number of hydrogen-bond acceptors (Lipinski definition) is 11. The smallest absolute Gasteiger partial charge is 0.387 e. The van der Waals surface area contributed by atoms with Crippen LogP contribution in [0.2, 0.25) is 0 Å². The molecule has 2 aromatic heterocycles. The van der Waals surface area contributed by atoms with Crippen molar-refractivity contribution in [3.63, 3.8) is 0 Å². The van der Waals surface area contributed by atoms with Gasteiger partial charge in [0.05, 0.1) is 19.3 Å². The Bertz CT molecular complexity index is 1220. The van der Waals surface area contributed by atoms with Crippen LogP contribution in [0, 0.1) is 0 Å². The summed E-state index contributed by atoms with van der Waals surface area (Å²) in [6.45, 7) is -0.815. The molecule has 0 spiro atoms. The normalized spacial score (nSPS) is 34.0.